The van der Waals surface area contributed by atoms with Gasteiger partial charge in [-0.25, -0.2) is 4.39 Å². The summed E-state index contributed by atoms with van der Waals surface area (Å²) >= 11 is 0. The molecule has 96 valence electrons. The fraction of sp³-hybridized carbons (Fsp3) is 0.308. The number of amides is 1. The molecule has 2 rings (SSSR count). The molecule has 0 aliphatic carbocycles. The molecule has 0 saturated heterocycles. The first-order valence-corrected chi connectivity index (χ1v) is 5.71. The third kappa shape index (κ3) is 2.68. The van der Waals surface area contributed by atoms with Gasteiger partial charge < -0.3 is 14.8 Å². The van der Waals surface area contributed by atoms with Gasteiger partial charge in [-0.2, -0.15) is 0 Å². The number of nitrogens with one attached hydrogen (secondary N) is 1. The summed E-state index contributed by atoms with van der Waals surface area (Å²) in [4.78, 5) is 11.8. The number of furan rings is 1. The van der Waals surface area contributed by atoms with Crippen LogP contribution in [0.5, 0.6) is 0 Å². The van der Waals surface area contributed by atoms with Gasteiger partial charge in [-0.05, 0) is 37.6 Å². The molecule has 1 unspecified atom stereocenters. The number of carbonyl (C=O) groups excluding carboxylic acids is 1. The van der Waals surface area contributed by atoms with Crippen molar-refractivity contribution in [1.29, 1.82) is 0 Å². The molecule has 0 radical (unpaired) electrons. The molecule has 0 saturated carbocycles. The number of aliphatic hydroxyl groups excluding tert-OH is 1. The van der Waals surface area contributed by atoms with Crippen LogP contribution in [0.2, 0.25) is 0 Å². The normalized spacial score (nSPS) is 12.6. The van der Waals surface area contributed by atoms with Gasteiger partial charge in [0.05, 0.1) is 0 Å². The van der Waals surface area contributed by atoms with Crippen molar-refractivity contribution in [1.82, 2.24) is 5.32 Å². The predicted molar refractivity (Wildman–Crippen MR) is 64.8 cm³/mol. The first kappa shape index (κ1) is 12.6. The van der Waals surface area contributed by atoms with Crippen LogP contribution >= 0.6 is 0 Å². The van der Waals surface area contributed by atoms with Gasteiger partial charge >= 0.3 is 0 Å². The maximum atomic E-state index is 13.0. The topological polar surface area (TPSA) is 62.5 Å². The number of fused-ring (bicyclic) bond motifs is 1. The van der Waals surface area contributed by atoms with Crippen LogP contribution in [-0.2, 0) is 0 Å². The third-order valence-electron chi connectivity index (χ3n) is 2.64. The molecule has 0 aliphatic rings. The third-order valence-corrected chi connectivity index (χ3v) is 2.64. The molecule has 5 heteroatoms. The highest BCUT2D eigenvalue weighted by Crippen LogP contribution is 2.20. The van der Waals surface area contributed by atoms with E-state index in [0.717, 1.165) is 0 Å². The molecule has 0 aliphatic heterocycles. The lowest BCUT2D eigenvalue weighted by Crippen LogP contribution is -2.32. The number of benzene rings is 1. The largest absolute Gasteiger partial charge is 0.451 e. The highest BCUT2D eigenvalue weighted by molar-refractivity contribution is 5.96. The van der Waals surface area contributed by atoms with Crippen molar-refractivity contribution in [3.63, 3.8) is 0 Å². The van der Waals surface area contributed by atoms with E-state index in [1.165, 1.54) is 24.3 Å². The molecule has 2 N–H and O–H groups in total. The molecule has 18 heavy (non-hydrogen) atoms. The minimum absolute atomic E-state index is 0.00673. The van der Waals surface area contributed by atoms with Crippen LogP contribution in [-0.4, -0.2) is 23.7 Å². The Kier molecular flexibility index (Phi) is 3.62. The van der Waals surface area contributed by atoms with Gasteiger partial charge in [0.2, 0.25) is 0 Å². The average molecular weight is 251 g/mol. The summed E-state index contributed by atoms with van der Waals surface area (Å²) in [6.07, 6.45) is 0.473. The van der Waals surface area contributed by atoms with Crippen molar-refractivity contribution in [2.75, 3.05) is 6.61 Å². The average Bonchev–Trinajstić information content (AvgIpc) is 2.72. The lowest BCUT2D eigenvalue weighted by atomic mass is 10.2. The van der Waals surface area contributed by atoms with Crippen LogP contribution in [0.15, 0.2) is 28.7 Å². The molecule has 2 aromatic rings. The SMILES string of the molecule is CC(CCO)NC(=O)c1cc2cc(F)ccc2o1. The fourth-order valence-electron chi connectivity index (χ4n) is 1.69. The van der Waals surface area contributed by atoms with E-state index in [9.17, 15) is 9.18 Å². The summed E-state index contributed by atoms with van der Waals surface area (Å²) < 4.78 is 18.3. The Labute approximate surface area is 103 Å². The summed E-state index contributed by atoms with van der Waals surface area (Å²) in [5.41, 5.74) is 0.469. The van der Waals surface area contributed by atoms with Crippen molar-refractivity contribution in [2.45, 2.75) is 19.4 Å². The Morgan fingerprint density at radius 1 is 1.50 bits per heavy atom. The molecule has 1 amide bonds. The van der Waals surface area contributed by atoms with Crippen LogP contribution in [0.25, 0.3) is 11.0 Å². The summed E-state index contributed by atoms with van der Waals surface area (Å²) in [5, 5.41) is 12.0. The van der Waals surface area contributed by atoms with Gasteiger partial charge in [0, 0.05) is 18.0 Å². The molecule has 1 heterocycles. The highest BCUT2D eigenvalue weighted by Gasteiger charge is 2.14. The maximum absolute atomic E-state index is 13.0. The van der Waals surface area contributed by atoms with Crippen molar-refractivity contribution in [3.05, 3.63) is 35.8 Å². The Morgan fingerprint density at radius 2 is 2.28 bits per heavy atom. The molecule has 0 fully saturated rings. The zero-order valence-electron chi connectivity index (χ0n) is 9.94. The number of halogens is 1. The first-order chi connectivity index (χ1) is 8.60. The summed E-state index contributed by atoms with van der Waals surface area (Å²) in [6, 6.07) is 5.43. The van der Waals surface area contributed by atoms with E-state index in [1.807, 2.05) is 0 Å². The first-order valence-electron chi connectivity index (χ1n) is 5.71. The van der Waals surface area contributed by atoms with Gasteiger partial charge in [0.1, 0.15) is 11.4 Å². The van der Waals surface area contributed by atoms with Gasteiger partial charge in [0.25, 0.3) is 5.91 Å². The van der Waals surface area contributed by atoms with Crippen LogP contribution in [0.3, 0.4) is 0 Å². The zero-order chi connectivity index (χ0) is 13.1. The molecule has 4 nitrogen and oxygen atoms in total. The second-order valence-corrected chi connectivity index (χ2v) is 4.18. The van der Waals surface area contributed by atoms with Crippen molar-refractivity contribution in [3.8, 4) is 0 Å². The smallest absolute Gasteiger partial charge is 0.287 e. The van der Waals surface area contributed by atoms with Crippen LogP contribution in [0.1, 0.15) is 23.9 Å². The van der Waals surface area contributed by atoms with Gasteiger partial charge in [-0.3, -0.25) is 4.79 Å². The van der Waals surface area contributed by atoms with E-state index in [4.69, 9.17) is 9.52 Å². The van der Waals surface area contributed by atoms with Gasteiger partial charge in [0.15, 0.2) is 5.76 Å². The summed E-state index contributed by atoms with van der Waals surface area (Å²) in [6.45, 7) is 1.79. The van der Waals surface area contributed by atoms with Gasteiger partial charge in [-0.1, -0.05) is 0 Å². The van der Waals surface area contributed by atoms with Crippen molar-refractivity contribution >= 4 is 16.9 Å². The predicted octanol–water partition coefficient (Wildman–Crippen LogP) is 2.07. The van der Waals surface area contributed by atoms with Crippen LogP contribution in [0.4, 0.5) is 4.39 Å². The van der Waals surface area contributed by atoms with E-state index < -0.39 is 0 Å². The molecule has 0 bridgehead atoms. The van der Waals surface area contributed by atoms with Crippen molar-refractivity contribution < 1.29 is 18.7 Å². The molecular weight excluding hydrogens is 237 g/mol. The molecule has 0 spiro atoms. The number of aliphatic hydroxyl groups is 1. The fourth-order valence-corrected chi connectivity index (χ4v) is 1.69. The monoisotopic (exact) mass is 251 g/mol. The van der Waals surface area contributed by atoms with Crippen LogP contribution < -0.4 is 5.32 Å². The molecular formula is C13H14FNO3. The molecule has 1 atom stereocenters. The summed E-state index contributed by atoms with van der Waals surface area (Å²) in [5.74, 6) is -0.600. The van der Waals surface area contributed by atoms with Crippen LogP contribution in [0, 0.1) is 5.82 Å². The van der Waals surface area contributed by atoms with E-state index >= 15 is 0 Å². The van der Waals surface area contributed by atoms with E-state index in [1.54, 1.807) is 6.92 Å². The highest BCUT2D eigenvalue weighted by atomic mass is 19.1. The number of hydrogen-bond acceptors (Lipinski definition) is 3. The lowest BCUT2D eigenvalue weighted by molar-refractivity contribution is 0.0908. The minimum atomic E-state index is -0.371. The second kappa shape index (κ2) is 5.18. The van der Waals surface area contributed by atoms with E-state index in [0.29, 0.717) is 17.4 Å². The standard InChI is InChI=1S/C13H14FNO3/c1-8(4-5-16)15-13(17)12-7-9-6-10(14)2-3-11(9)18-12/h2-3,6-8,16H,4-5H2,1H3,(H,15,17). The minimum Gasteiger partial charge on any atom is -0.451 e. The zero-order valence-corrected chi connectivity index (χ0v) is 9.94. The lowest BCUT2D eigenvalue weighted by Gasteiger charge is -2.10. The Morgan fingerprint density at radius 3 is 3.00 bits per heavy atom. The number of carbonyl (C=O) groups is 1. The number of hydrogen-bond donors (Lipinski definition) is 2. The quantitative estimate of drug-likeness (QED) is 0.874. The Balaban J connectivity index is 2.18. The Hall–Kier alpha value is -1.88. The molecule has 1 aromatic heterocycles. The van der Waals surface area contributed by atoms with E-state index in [2.05, 4.69) is 5.32 Å². The van der Waals surface area contributed by atoms with Gasteiger partial charge in [-0.15, -0.1) is 0 Å². The number of rotatable bonds is 4. The second-order valence-electron chi connectivity index (χ2n) is 4.18. The van der Waals surface area contributed by atoms with Crippen molar-refractivity contribution in [2.24, 2.45) is 0 Å². The molecule has 1 aromatic carbocycles. The summed E-state index contributed by atoms with van der Waals surface area (Å²) in [7, 11) is 0. The maximum Gasteiger partial charge on any atom is 0.287 e. The van der Waals surface area contributed by atoms with E-state index in [-0.39, 0.29) is 30.1 Å². The Bertz CT molecular complexity index is 564.